The van der Waals surface area contributed by atoms with E-state index in [-0.39, 0.29) is 11.9 Å². The highest BCUT2D eigenvalue weighted by molar-refractivity contribution is 7.99. The van der Waals surface area contributed by atoms with Crippen molar-refractivity contribution in [3.63, 3.8) is 0 Å². The Balaban J connectivity index is 1.72. The molecule has 2 aromatic carbocycles. The van der Waals surface area contributed by atoms with Gasteiger partial charge in [-0.1, -0.05) is 48.6 Å². The van der Waals surface area contributed by atoms with Crippen LogP contribution in [0.3, 0.4) is 0 Å². The van der Waals surface area contributed by atoms with Gasteiger partial charge in [-0.25, -0.2) is 9.59 Å². The van der Waals surface area contributed by atoms with Gasteiger partial charge in [0.1, 0.15) is 0 Å². The Labute approximate surface area is 163 Å². The Morgan fingerprint density at radius 3 is 1.44 bits per heavy atom. The summed E-state index contributed by atoms with van der Waals surface area (Å²) in [6.07, 6.45) is 8.25. The highest BCUT2D eigenvalue weighted by atomic mass is 32.2. The third-order valence-electron chi connectivity index (χ3n) is 3.71. The minimum Gasteiger partial charge on any atom is -0.465 e. The smallest absolute Gasteiger partial charge is 0.337 e. The normalized spacial score (nSPS) is 11.0. The van der Waals surface area contributed by atoms with Gasteiger partial charge in [-0.3, -0.25) is 0 Å². The first-order valence-corrected chi connectivity index (χ1v) is 9.57. The Kier molecular flexibility index (Phi) is 8.39. The number of hydrogen-bond acceptors (Lipinski definition) is 5. The second-order valence-electron chi connectivity index (χ2n) is 5.57. The zero-order valence-electron chi connectivity index (χ0n) is 15.4. The van der Waals surface area contributed by atoms with Gasteiger partial charge in [-0.05, 0) is 35.4 Å². The number of rotatable bonds is 8. The van der Waals surface area contributed by atoms with Crippen LogP contribution in [0.5, 0.6) is 0 Å². The lowest BCUT2D eigenvalue weighted by atomic mass is 10.1. The van der Waals surface area contributed by atoms with Crippen molar-refractivity contribution in [3.8, 4) is 0 Å². The van der Waals surface area contributed by atoms with Crippen molar-refractivity contribution >= 4 is 35.9 Å². The van der Waals surface area contributed by atoms with Crippen molar-refractivity contribution in [1.29, 1.82) is 0 Å². The minimum absolute atomic E-state index is 0.326. The van der Waals surface area contributed by atoms with E-state index in [2.05, 4.69) is 21.6 Å². The van der Waals surface area contributed by atoms with E-state index >= 15 is 0 Å². The fourth-order valence-corrected chi connectivity index (χ4v) is 2.87. The number of methoxy groups -OCH3 is 2. The van der Waals surface area contributed by atoms with Crippen molar-refractivity contribution in [2.75, 3.05) is 25.7 Å². The van der Waals surface area contributed by atoms with Gasteiger partial charge in [0.15, 0.2) is 0 Å². The fourth-order valence-electron chi connectivity index (χ4n) is 2.27. The SMILES string of the molecule is COC(=O)c1ccc(C=CCSCC=Cc2ccc(C(=O)OC)cc2)cc1. The van der Waals surface area contributed by atoms with E-state index in [9.17, 15) is 9.59 Å². The second-order valence-corrected chi connectivity index (χ2v) is 6.64. The number of thioether (sulfide) groups is 1. The van der Waals surface area contributed by atoms with Crippen molar-refractivity contribution in [1.82, 2.24) is 0 Å². The summed E-state index contributed by atoms with van der Waals surface area (Å²) in [6, 6.07) is 14.6. The lowest BCUT2D eigenvalue weighted by Gasteiger charge is -1.99. The van der Waals surface area contributed by atoms with Crippen molar-refractivity contribution in [3.05, 3.63) is 82.9 Å². The summed E-state index contributed by atoms with van der Waals surface area (Å²) in [5.41, 5.74) is 3.19. The predicted molar refractivity (Wildman–Crippen MR) is 111 cm³/mol. The number of carbonyl (C=O) groups is 2. The number of benzene rings is 2. The number of hydrogen-bond donors (Lipinski definition) is 0. The van der Waals surface area contributed by atoms with Crippen molar-refractivity contribution < 1.29 is 19.1 Å². The summed E-state index contributed by atoms with van der Waals surface area (Å²) < 4.78 is 9.36. The Morgan fingerprint density at radius 1 is 0.741 bits per heavy atom. The molecule has 0 amide bonds. The summed E-state index contributed by atoms with van der Waals surface area (Å²) in [5, 5.41) is 0. The highest BCUT2D eigenvalue weighted by Gasteiger charge is 2.03. The molecule has 0 fully saturated rings. The van der Waals surface area contributed by atoms with Crippen LogP contribution >= 0.6 is 11.8 Å². The van der Waals surface area contributed by atoms with Crippen molar-refractivity contribution in [2.45, 2.75) is 0 Å². The van der Waals surface area contributed by atoms with Crippen LogP contribution < -0.4 is 0 Å². The third kappa shape index (κ3) is 6.79. The molecule has 5 heteroatoms. The first-order chi connectivity index (χ1) is 13.1. The van der Waals surface area contributed by atoms with Gasteiger partial charge in [0.05, 0.1) is 25.3 Å². The van der Waals surface area contributed by atoms with Crippen LogP contribution in [-0.2, 0) is 9.47 Å². The van der Waals surface area contributed by atoms with Gasteiger partial charge in [-0.2, -0.15) is 11.8 Å². The number of ether oxygens (including phenoxy) is 2. The molecule has 0 atom stereocenters. The monoisotopic (exact) mass is 382 g/mol. The van der Waals surface area contributed by atoms with E-state index in [4.69, 9.17) is 0 Å². The maximum atomic E-state index is 11.4. The summed E-state index contributed by atoms with van der Waals surface area (Å²) >= 11 is 1.79. The van der Waals surface area contributed by atoms with Gasteiger partial charge in [0, 0.05) is 11.5 Å². The van der Waals surface area contributed by atoms with E-state index in [0.29, 0.717) is 11.1 Å². The van der Waals surface area contributed by atoms with Gasteiger partial charge in [0.25, 0.3) is 0 Å². The summed E-state index contributed by atoms with van der Waals surface area (Å²) in [4.78, 5) is 22.8. The number of carbonyl (C=O) groups excluding carboxylic acids is 2. The molecular weight excluding hydrogens is 360 g/mol. The minimum atomic E-state index is -0.326. The Morgan fingerprint density at radius 2 is 1.11 bits per heavy atom. The molecular formula is C22H22O4S. The van der Waals surface area contributed by atoms with Gasteiger partial charge >= 0.3 is 11.9 Å². The summed E-state index contributed by atoms with van der Waals surface area (Å²) in [7, 11) is 2.75. The molecule has 0 aromatic heterocycles. The average molecular weight is 382 g/mol. The molecule has 0 N–H and O–H groups in total. The van der Waals surface area contributed by atoms with E-state index < -0.39 is 0 Å². The molecule has 0 saturated carbocycles. The molecule has 2 aromatic rings. The summed E-state index contributed by atoms with van der Waals surface area (Å²) in [5.74, 6) is 1.13. The third-order valence-corrected chi connectivity index (χ3v) is 4.57. The standard InChI is InChI=1S/C22H22O4S/c1-25-21(23)19-11-7-17(8-12-19)5-3-15-27-16-4-6-18-9-13-20(14-10-18)22(24)26-2/h3-14H,15-16H2,1-2H3. The quantitative estimate of drug-likeness (QED) is 0.488. The second kappa shape index (κ2) is 11.0. The fraction of sp³-hybridized carbons (Fsp3) is 0.182. The molecule has 140 valence electrons. The van der Waals surface area contributed by atoms with Crippen LogP contribution in [-0.4, -0.2) is 37.7 Å². The van der Waals surface area contributed by atoms with Crippen LogP contribution in [0.4, 0.5) is 0 Å². The topological polar surface area (TPSA) is 52.6 Å². The van der Waals surface area contributed by atoms with Gasteiger partial charge in [-0.15, -0.1) is 0 Å². The number of esters is 2. The average Bonchev–Trinajstić information content (AvgIpc) is 2.72. The van der Waals surface area contributed by atoms with Gasteiger partial charge in [0.2, 0.25) is 0 Å². The molecule has 0 saturated heterocycles. The molecule has 0 unspecified atom stereocenters. The van der Waals surface area contributed by atoms with E-state index in [1.165, 1.54) is 14.2 Å². The lowest BCUT2D eigenvalue weighted by Crippen LogP contribution is -2.00. The lowest BCUT2D eigenvalue weighted by molar-refractivity contribution is 0.0592. The Hall–Kier alpha value is -2.79. The zero-order chi connectivity index (χ0) is 19.5. The van der Waals surface area contributed by atoms with Crippen LogP contribution in [0, 0.1) is 0 Å². The molecule has 27 heavy (non-hydrogen) atoms. The van der Waals surface area contributed by atoms with Crippen molar-refractivity contribution in [2.24, 2.45) is 0 Å². The van der Waals surface area contributed by atoms with Crippen LogP contribution in [0.1, 0.15) is 31.8 Å². The van der Waals surface area contributed by atoms with Gasteiger partial charge < -0.3 is 9.47 Å². The van der Waals surface area contributed by atoms with Crippen LogP contribution in [0.25, 0.3) is 12.2 Å². The van der Waals surface area contributed by atoms with Crippen LogP contribution in [0.15, 0.2) is 60.7 Å². The Bertz CT molecular complexity index is 736. The van der Waals surface area contributed by atoms with E-state index in [0.717, 1.165) is 22.6 Å². The molecule has 0 aliphatic carbocycles. The predicted octanol–water partition coefficient (Wildman–Crippen LogP) is 4.72. The first kappa shape index (κ1) is 20.5. The highest BCUT2D eigenvalue weighted by Crippen LogP contribution is 2.11. The van der Waals surface area contributed by atoms with Crippen LogP contribution in [0.2, 0.25) is 0 Å². The zero-order valence-corrected chi connectivity index (χ0v) is 16.2. The molecule has 0 aliphatic rings. The maximum Gasteiger partial charge on any atom is 0.337 e. The largest absolute Gasteiger partial charge is 0.465 e. The molecule has 0 spiro atoms. The maximum absolute atomic E-state index is 11.4. The molecule has 2 rings (SSSR count). The summed E-state index contributed by atoms with van der Waals surface area (Å²) in [6.45, 7) is 0. The molecule has 0 heterocycles. The van der Waals surface area contributed by atoms with E-state index in [1.807, 2.05) is 36.4 Å². The van der Waals surface area contributed by atoms with E-state index in [1.54, 1.807) is 36.0 Å². The molecule has 0 aliphatic heterocycles. The molecule has 0 radical (unpaired) electrons. The molecule has 0 bridgehead atoms. The molecule has 4 nitrogen and oxygen atoms in total. The first-order valence-electron chi connectivity index (χ1n) is 8.41.